The summed E-state index contributed by atoms with van der Waals surface area (Å²) >= 11 is 0. The molecule has 0 bridgehead atoms. The van der Waals surface area contributed by atoms with Crippen LogP contribution >= 0.6 is 0 Å². The van der Waals surface area contributed by atoms with E-state index in [1.54, 1.807) is 23.1 Å². The third-order valence-corrected chi connectivity index (χ3v) is 6.37. The molecule has 2 aliphatic rings. The standard InChI is InChI=1S/C26H31N3O5/c1-3-19-6-5-7-21(14-19)33-17-23(30)20-8-9-24-22(15-20)29(26(32)18-34-24)16-25(31)28-12-10-27(4-2)11-13-28/h5-9,14-15H,3-4,10-13,16-18H2,1-2H3. The molecular formula is C26H31N3O5. The van der Waals surface area contributed by atoms with Gasteiger partial charge in [0.2, 0.25) is 5.91 Å². The van der Waals surface area contributed by atoms with Crippen molar-refractivity contribution in [3.8, 4) is 11.5 Å². The first kappa shape index (κ1) is 23.8. The van der Waals surface area contributed by atoms with E-state index in [0.29, 0.717) is 35.8 Å². The molecule has 2 heterocycles. The number of likely N-dealkylation sites (N-methyl/N-ethyl adjacent to an activating group) is 1. The van der Waals surface area contributed by atoms with Crippen molar-refractivity contribution in [3.63, 3.8) is 0 Å². The second-order valence-electron chi connectivity index (χ2n) is 8.48. The molecule has 0 atom stereocenters. The van der Waals surface area contributed by atoms with Crippen LogP contribution in [0.2, 0.25) is 0 Å². The molecule has 0 unspecified atom stereocenters. The highest BCUT2D eigenvalue weighted by molar-refractivity contribution is 6.04. The number of carbonyl (C=O) groups is 3. The predicted molar refractivity (Wildman–Crippen MR) is 129 cm³/mol. The van der Waals surface area contributed by atoms with Crippen LogP contribution < -0.4 is 14.4 Å². The number of aryl methyl sites for hydroxylation is 1. The van der Waals surface area contributed by atoms with Crippen molar-refractivity contribution < 1.29 is 23.9 Å². The molecule has 180 valence electrons. The fraction of sp³-hybridized carbons (Fsp3) is 0.423. The van der Waals surface area contributed by atoms with Gasteiger partial charge in [-0.2, -0.15) is 0 Å². The average molecular weight is 466 g/mol. The van der Waals surface area contributed by atoms with E-state index in [-0.39, 0.29) is 37.4 Å². The van der Waals surface area contributed by atoms with Crippen LogP contribution in [0.3, 0.4) is 0 Å². The van der Waals surface area contributed by atoms with E-state index in [2.05, 4.69) is 18.7 Å². The molecule has 0 radical (unpaired) electrons. The highest BCUT2D eigenvalue weighted by Crippen LogP contribution is 2.33. The number of hydrogen-bond acceptors (Lipinski definition) is 6. The number of Topliss-reactive ketones (excluding diaryl/α,β-unsaturated/α-hetero) is 1. The first-order valence-corrected chi connectivity index (χ1v) is 11.8. The molecule has 4 rings (SSSR count). The van der Waals surface area contributed by atoms with Crippen molar-refractivity contribution >= 4 is 23.3 Å². The zero-order valence-corrected chi connectivity index (χ0v) is 19.8. The molecule has 0 N–H and O–H groups in total. The number of benzene rings is 2. The largest absolute Gasteiger partial charge is 0.485 e. The van der Waals surface area contributed by atoms with E-state index in [4.69, 9.17) is 9.47 Å². The number of nitrogens with zero attached hydrogens (tertiary/aromatic N) is 3. The number of piperazine rings is 1. The predicted octanol–water partition coefficient (Wildman–Crippen LogP) is 2.40. The lowest BCUT2D eigenvalue weighted by atomic mass is 10.1. The number of fused-ring (bicyclic) bond motifs is 1. The lowest BCUT2D eigenvalue weighted by Crippen LogP contribution is -2.52. The molecule has 2 aromatic carbocycles. The number of ketones is 1. The number of amides is 2. The summed E-state index contributed by atoms with van der Waals surface area (Å²) in [5.41, 5.74) is 1.97. The van der Waals surface area contributed by atoms with Crippen molar-refractivity contribution in [3.05, 3.63) is 53.6 Å². The Balaban J connectivity index is 1.45. The smallest absolute Gasteiger partial charge is 0.265 e. The normalized spacial score (nSPS) is 16.1. The van der Waals surface area contributed by atoms with Gasteiger partial charge in [0.05, 0.1) is 5.69 Å². The molecule has 8 nitrogen and oxygen atoms in total. The van der Waals surface area contributed by atoms with Gasteiger partial charge < -0.3 is 19.3 Å². The number of ether oxygens (including phenoxy) is 2. The number of rotatable bonds is 8. The first-order valence-electron chi connectivity index (χ1n) is 11.8. The maximum Gasteiger partial charge on any atom is 0.265 e. The Morgan fingerprint density at radius 2 is 1.82 bits per heavy atom. The summed E-state index contributed by atoms with van der Waals surface area (Å²) in [6, 6.07) is 12.6. The van der Waals surface area contributed by atoms with Crippen molar-refractivity contribution in [2.45, 2.75) is 20.3 Å². The zero-order chi connectivity index (χ0) is 24.1. The van der Waals surface area contributed by atoms with Gasteiger partial charge in [0, 0.05) is 31.7 Å². The summed E-state index contributed by atoms with van der Waals surface area (Å²) in [6.07, 6.45) is 0.882. The molecule has 1 fully saturated rings. The molecule has 1 saturated heterocycles. The Labute approximate surface area is 200 Å². The van der Waals surface area contributed by atoms with Gasteiger partial charge in [-0.15, -0.1) is 0 Å². The van der Waals surface area contributed by atoms with Crippen molar-refractivity contribution in [1.29, 1.82) is 0 Å². The van der Waals surface area contributed by atoms with Gasteiger partial charge in [0.1, 0.15) is 18.0 Å². The van der Waals surface area contributed by atoms with Crippen LogP contribution in [0.1, 0.15) is 29.8 Å². The molecule has 0 aromatic heterocycles. The van der Waals surface area contributed by atoms with Gasteiger partial charge in [-0.05, 0) is 48.9 Å². The monoisotopic (exact) mass is 465 g/mol. The topological polar surface area (TPSA) is 79.4 Å². The molecular weight excluding hydrogens is 434 g/mol. The van der Waals surface area contributed by atoms with Crippen LogP contribution in [0, 0.1) is 0 Å². The summed E-state index contributed by atoms with van der Waals surface area (Å²) in [5, 5.41) is 0. The van der Waals surface area contributed by atoms with Gasteiger partial charge in [-0.25, -0.2) is 0 Å². The Morgan fingerprint density at radius 3 is 2.56 bits per heavy atom. The summed E-state index contributed by atoms with van der Waals surface area (Å²) in [7, 11) is 0. The number of anilines is 1. The van der Waals surface area contributed by atoms with E-state index in [1.165, 1.54) is 4.90 Å². The second-order valence-corrected chi connectivity index (χ2v) is 8.48. The van der Waals surface area contributed by atoms with E-state index >= 15 is 0 Å². The van der Waals surface area contributed by atoms with E-state index in [0.717, 1.165) is 31.6 Å². The van der Waals surface area contributed by atoms with Crippen molar-refractivity contribution in [2.75, 3.05) is 57.4 Å². The maximum absolute atomic E-state index is 12.9. The minimum absolute atomic E-state index is 0.0702. The summed E-state index contributed by atoms with van der Waals surface area (Å²) < 4.78 is 11.2. The second kappa shape index (κ2) is 10.7. The Bertz CT molecular complexity index is 1060. The molecule has 2 amide bonds. The SMILES string of the molecule is CCc1cccc(OCC(=O)c2ccc3c(c2)N(CC(=O)N2CCN(CC)CC2)C(=O)CO3)c1. The molecule has 2 aliphatic heterocycles. The lowest BCUT2D eigenvalue weighted by molar-refractivity contribution is -0.133. The molecule has 0 aliphatic carbocycles. The number of carbonyl (C=O) groups excluding carboxylic acids is 3. The van der Waals surface area contributed by atoms with Gasteiger partial charge in [-0.1, -0.05) is 26.0 Å². The minimum Gasteiger partial charge on any atom is -0.485 e. The Hall–Kier alpha value is -3.39. The fourth-order valence-electron chi connectivity index (χ4n) is 4.19. The first-order chi connectivity index (χ1) is 16.5. The van der Waals surface area contributed by atoms with Crippen LogP contribution in [0.5, 0.6) is 11.5 Å². The summed E-state index contributed by atoms with van der Waals surface area (Å²) in [6.45, 7) is 7.75. The number of hydrogen-bond donors (Lipinski definition) is 0. The molecule has 2 aromatic rings. The Kier molecular flexibility index (Phi) is 7.47. The third-order valence-electron chi connectivity index (χ3n) is 6.37. The quantitative estimate of drug-likeness (QED) is 0.557. The molecule has 8 heteroatoms. The summed E-state index contributed by atoms with van der Waals surface area (Å²) in [5.74, 6) is 0.499. The van der Waals surface area contributed by atoms with Crippen LogP contribution in [0.25, 0.3) is 0 Å². The average Bonchev–Trinajstić information content (AvgIpc) is 2.88. The van der Waals surface area contributed by atoms with E-state index < -0.39 is 0 Å². The van der Waals surface area contributed by atoms with Crippen LogP contribution in [-0.4, -0.2) is 79.9 Å². The van der Waals surface area contributed by atoms with E-state index in [9.17, 15) is 14.4 Å². The van der Waals surface area contributed by atoms with Crippen LogP contribution in [0.15, 0.2) is 42.5 Å². The molecule has 0 spiro atoms. The van der Waals surface area contributed by atoms with Crippen LogP contribution in [-0.2, 0) is 16.0 Å². The molecule has 34 heavy (non-hydrogen) atoms. The fourth-order valence-corrected chi connectivity index (χ4v) is 4.19. The van der Waals surface area contributed by atoms with Gasteiger partial charge in [0.15, 0.2) is 19.0 Å². The maximum atomic E-state index is 12.9. The van der Waals surface area contributed by atoms with Gasteiger partial charge >= 0.3 is 0 Å². The molecule has 0 saturated carbocycles. The lowest BCUT2D eigenvalue weighted by Gasteiger charge is -2.36. The summed E-state index contributed by atoms with van der Waals surface area (Å²) in [4.78, 5) is 43.9. The van der Waals surface area contributed by atoms with E-state index in [1.807, 2.05) is 24.3 Å². The van der Waals surface area contributed by atoms with Gasteiger partial charge in [-0.3, -0.25) is 19.3 Å². The van der Waals surface area contributed by atoms with Crippen molar-refractivity contribution in [2.24, 2.45) is 0 Å². The van der Waals surface area contributed by atoms with Crippen molar-refractivity contribution in [1.82, 2.24) is 9.80 Å². The third kappa shape index (κ3) is 5.39. The minimum atomic E-state index is -0.301. The Morgan fingerprint density at radius 1 is 1.03 bits per heavy atom. The van der Waals surface area contributed by atoms with Gasteiger partial charge in [0.25, 0.3) is 5.91 Å². The van der Waals surface area contributed by atoms with Crippen LogP contribution in [0.4, 0.5) is 5.69 Å². The highest BCUT2D eigenvalue weighted by Gasteiger charge is 2.30. The highest BCUT2D eigenvalue weighted by atomic mass is 16.5. The zero-order valence-electron chi connectivity index (χ0n) is 19.8.